The van der Waals surface area contributed by atoms with Crippen molar-refractivity contribution in [3.8, 4) is 0 Å². The minimum Gasteiger partial charge on any atom is -0.343 e. The van der Waals surface area contributed by atoms with Crippen LogP contribution < -0.4 is 10.6 Å². The van der Waals surface area contributed by atoms with Crippen molar-refractivity contribution in [3.63, 3.8) is 0 Å². The molecule has 0 fully saturated rings. The molecule has 0 heterocycles. The van der Waals surface area contributed by atoms with Crippen LogP contribution in [0, 0.1) is 11.8 Å². The van der Waals surface area contributed by atoms with Gasteiger partial charge in [-0.2, -0.15) is 0 Å². The predicted octanol–water partition coefficient (Wildman–Crippen LogP) is 3.67. The lowest BCUT2D eigenvalue weighted by atomic mass is 10.0. The first-order valence-electron chi connectivity index (χ1n) is 8.44. The number of nitrogens with one attached hydrogen (secondary N) is 2. The largest absolute Gasteiger partial charge is 0.343 e. The minimum absolute atomic E-state index is 0.00926. The molecule has 1 aromatic rings. The molecule has 10 heteroatoms. The highest BCUT2D eigenvalue weighted by Gasteiger charge is 2.38. The van der Waals surface area contributed by atoms with Gasteiger partial charge >= 0.3 is 7.60 Å². The first kappa shape index (κ1) is 23.9. The molecule has 0 radical (unpaired) electrons. The summed E-state index contributed by atoms with van der Waals surface area (Å²) in [4.78, 5) is 44.1. The maximum absolute atomic E-state index is 12.6. The van der Waals surface area contributed by atoms with Gasteiger partial charge in [0, 0.05) is 5.69 Å². The number of halogens is 2. The zero-order chi connectivity index (χ0) is 20.9. The summed E-state index contributed by atoms with van der Waals surface area (Å²) in [5.74, 6) is -1.78. The number of carbonyl (C=O) groups excluding carboxylic acids is 2. The first-order valence-corrected chi connectivity index (χ1v) is 10.9. The van der Waals surface area contributed by atoms with E-state index in [1.54, 1.807) is 33.8 Å². The zero-order valence-electron chi connectivity index (χ0n) is 15.6. The monoisotopic (exact) mass is 438 g/mol. The van der Waals surface area contributed by atoms with Gasteiger partial charge in [0.1, 0.15) is 11.7 Å². The Labute approximate surface area is 169 Å². The summed E-state index contributed by atoms with van der Waals surface area (Å²) in [6.45, 7) is 6.95. The molecule has 0 saturated heterocycles. The van der Waals surface area contributed by atoms with Crippen LogP contribution in [0.25, 0.3) is 0 Å². The van der Waals surface area contributed by atoms with Gasteiger partial charge < -0.3 is 20.4 Å². The summed E-state index contributed by atoms with van der Waals surface area (Å²) >= 11 is 11.8. The average molecular weight is 439 g/mol. The van der Waals surface area contributed by atoms with Gasteiger partial charge in [-0.05, 0) is 36.5 Å². The highest BCUT2D eigenvalue weighted by molar-refractivity contribution is 7.53. The SMILES string of the molecule is CC(C)C[C@H](C(=O)N[C@@H](C(=O)Nc1ccc(Cl)c(Cl)c1)C(C)C)P(=O)(O)O. The molecular weight excluding hydrogens is 414 g/mol. The van der Waals surface area contributed by atoms with Gasteiger partial charge in [0.15, 0.2) is 0 Å². The van der Waals surface area contributed by atoms with Crippen LogP contribution in [0.3, 0.4) is 0 Å². The van der Waals surface area contributed by atoms with Crippen molar-refractivity contribution >= 4 is 48.3 Å². The van der Waals surface area contributed by atoms with Crippen molar-refractivity contribution in [2.45, 2.75) is 45.8 Å². The van der Waals surface area contributed by atoms with Crippen LogP contribution in [-0.4, -0.2) is 33.3 Å². The molecule has 4 N–H and O–H groups in total. The molecule has 1 rings (SSSR count). The van der Waals surface area contributed by atoms with E-state index in [1.807, 2.05) is 0 Å². The number of rotatable bonds is 8. The Morgan fingerprint density at radius 2 is 1.67 bits per heavy atom. The lowest BCUT2D eigenvalue weighted by molar-refractivity contribution is -0.127. The lowest BCUT2D eigenvalue weighted by Crippen LogP contribution is -2.50. The third-order valence-corrected chi connectivity index (χ3v) is 5.83. The Balaban J connectivity index is 2.96. The smallest absolute Gasteiger partial charge is 0.337 e. The van der Waals surface area contributed by atoms with Gasteiger partial charge in [0.2, 0.25) is 11.8 Å². The molecule has 2 amide bonds. The summed E-state index contributed by atoms with van der Waals surface area (Å²) in [5.41, 5.74) is -1.11. The zero-order valence-corrected chi connectivity index (χ0v) is 18.0. The van der Waals surface area contributed by atoms with E-state index in [9.17, 15) is 23.9 Å². The van der Waals surface area contributed by atoms with Crippen LogP contribution in [0.5, 0.6) is 0 Å². The molecule has 0 aromatic heterocycles. The molecule has 0 bridgehead atoms. The van der Waals surface area contributed by atoms with Crippen LogP contribution in [0.4, 0.5) is 5.69 Å². The molecule has 1 aromatic carbocycles. The van der Waals surface area contributed by atoms with Gasteiger partial charge in [-0.25, -0.2) is 0 Å². The normalized spacial score (nSPS) is 14.1. The fraction of sp³-hybridized carbons (Fsp3) is 0.529. The topological polar surface area (TPSA) is 116 Å². The van der Waals surface area contributed by atoms with Crippen LogP contribution in [0.15, 0.2) is 18.2 Å². The van der Waals surface area contributed by atoms with E-state index in [0.717, 1.165) is 0 Å². The number of amides is 2. The second-order valence-electron chi connectivity index (χ2n) is 7.08. The second kappa shape index (κ2) is 9.89. The van der Waals surface area contributed by atoms with E-state index in [0.29, 0.717) is 10.7 Å². The molecular formula is C17H25Cl2N2O5P. The van der Waals surface area contributed by atoms with Crippen molar-refractivity contribution in [2.75, 3.05) is 5.32 Å². The Morgan fingerprint density at radius 1 is 1.07 bits per heavy atom. The summed E-state index contributed by atoms with van der Waals surface area (Å²) in [7, 11) is -4.66. The van der Waals surface area contributed by atoms with Crippen LogP contribution in [0.1, 0.15) is 34.1 Å². The fourth-order valence-corrected chi connectivity index (χ4v) is 3.80. The van der Waals surface area contributed by atoms with Gasteiger partial charge in [0.05, 0.1) is 10.0 Å². The van der Waals surface area contributed by atoms with Gasteiger partial charge in [-0.1, -0.05) is 50.9 Å². The van der Waals surface area contributed by atoms with Gasteiger partial charge in [0.25, 0.3) is 0 Å². The maximum Gasteiger partial charge on any atom is 0.337 e. The number of carbonyl (C=O) groups is 2. The quantitative estimate of drug-likeness (QED) is 0.462. The Hall–Kier alpha value is -1.11. The number of hydrogen-bond acceptors (Lipinski definition) is 3. The Kier molecular flexibility index (Phi) is 8.77. The summed E-state index contributed by atoms with van der Waals surface area (Å²) in [5, 5.41) is 5.69. The molecule has 0 aliphatic rings. The highest BCUT2D eigenvalue weighted by atomic mass is 35.5. The predicted molar refractivity (Wildman–Crippen MR) is 107 cm³/mol. The number of benzene rings is 1. The summed E-state index contributed by atoms with van der Waals surface area (Å²) in [6, 6.07) is 3.57. The molecule has 0 spiro atoms. The first-order chi connectivity index (χ1) is 12.3. The molecule has 7 nitrogen and oxygen atoms in total. The molecule has 0 aliphatic carbocycles. The lowest BCUT2D eigenvalue weighted by Gasteiger charge is -2.26. The Bertz CT molecular complexity index is 736. The van der Waals surface area contributed by atoms with E-state index in [-0.39, 0.29) is 23.3 Å². The van der Waals surface area contributed by atoms with Crippen molar-refractivity contribution in [3.05, 3.63) is 28.2 Å². The third-order valence-electron chi connectivity index (χ3n) is 3.84. The van der Waals surface area contributed by atoms with E-state index < -0.39 is 31.1 Å². The number of anilines is 1. The summed E-state index contributed by atoms with van der Waals surface area (Å²) < 4.78 is 11.7. The standard InChI is InChI=1S/C17H25Cl2N2O5P/c1-9(2)7-14(27(24,25)26)16(22)21-15(10(3)4)17(23)20-11-5-6-12(18)13(19)8-11/h5-6,8-10,14-15H,7H2,1-4H3,(H,20,23)(H,21,22)(H2,24,25,26)/t14-,15-/m1/s1. The minimum atomic E-state index is -4.66. The van der Waals surface area contributed by atoms with Crippen molar-refractivity contribution in [1.29, 1.82) is 0 Å². The second-order valence-corrected chi connectivity index (χ2v) is 9.70. The van der Waals surface area contributed by atoms with Crippen molar-refractivity contribution in [2.24, 2.45) is 11.8 Å². The molecule has 0 aliphatic heterocycles. The average Bonchev–Trinajstić information content (AvgIpc) is 2.52. The van der Waals surface area contributed by atoms with E-state index in [2.05, 4.69) is 10.6 Å². The molecule has 0 unspecified atom stereocenters. The van der Waals surface area contributed by atoms with E-state index in [4.69, 9.17) is 23.2 Å². The third kappa shape index (κ3) is 7.43. The Morgan fingerprint density at radius 3 is 2.11 bits per heavy atom. The molecule has 27 heavy (non-hydrogen) atoms. The highest BCUT2D eigenvalue weighted by Crippen LogP contribution is 2.44. The van der Waals surface area contributed by atoms with Crippen molar-refractivity contribution < 1.29 is 23.9 Å². The van der Waals surface area contributed by atoms with Crippen LogP contribution in [-0.2, 0) is 14.2 Å². The molecule has 2 atom stereocenters. The number of hydrogen-bond donors (Lipinski definition) is 4. The summed E-state index contributed by atoms with van der Waals surface area (Å²) in [6.07, 6.45) is 0.00926. The van der Waals surface area contributed by atoms with Crippen LogP contribution in [0.2, 0.25) is 10.0 Å². The van der Waals surface area contributed by atoms with Gasteiger partial charge in [-0.15, -0.1) is 0 Å². The van der Waals surface area contributed by atoms with E-state index in [1.165, 1.54) is 12.1 Å². The fourth-order valence-electron chi connectivity index (χ4n) is 2.42. The van der Waals surface area contributed by atoms with Gasteiger partial charge in [-0.3, -0.25) is 14.2 Å². The van der Waals surface area contributed by atoms with Crippen LogP contribution >= 0.6 is 30.8 Å². The van der Waals surface area contributed by atoms with Crippen molar-refractivity contribution in [1.82, 2.24) is 5.32 Å². The molecule has 152 valence electrons. The van der Waals surface area contributed by atoms with E-state index >= 15 is 0 Å². The maximum atomic E-state index is 12.6. The molecule has 0 saturated carbocycles.